The molecule has 1 N–H and O–H groups in total. The smallest absolute Gasteiger partial charge is 0.227 e. The van der Waals surface area contributed by atoms with Crippen LogP contribution in [0, 0.1) is 5.92 Å². The van der Waals surface area contributed by atoms with E-state index in [2.05, 4.69) is 39.6 Å². The van der Waals surface area contributed by atoms with E-state index in [1.54, 1.807) is 13.3 Å². The fourth-order valence-corrected chi connectivity index (χ4v) is 5.31. The lowest BCUT2D eigenvalue weighted by molar-refractivity contribution is -0.138. The van der Waals surface area contributed by atoms with Gasteiger partial charge in [0.05, 0.1) is 17.7 Å². The van der Waals surface area contributed by atoms with E-state index < -0.39 is 0 Å². The van der Waals surface area contributed by atoms with Gasteiger partial charge in [-0.25, -0.2) is 4.68 Å². The van der Waals surface area contributed by atoms with E-state index in [9.17, 15) is 4.79 Å². The Bertz CT molecular complexity index is 820. The molecule has 6 heteroatoms. The average molecular weight is 380 g/mol. The van der Waals surface area contributed by atoms with E-state index in [1.165, 1.54) is 5.56 Å². The molecule has 5 rings (SSSR count). The number of benzene rings is 1. The predicted molar refractivity (Wildman–Crippen MR) is 106 cm³/mol. The summed E-state index contributed by atoms with van der Waals surface area (Å²) >= 11 is 0. The van der Waals surface area contributed by atoms with Crippen molar-refractivity contribution in [2.75, 3.05) is 20.2 Å². The van der Waals surface area contributed by atoms with Gasteiger partial charge in [-0.3, -0.25) is 4.79 Å². The Morgan fingerprint density at radius 1 is 1.18 bits per heavy atom. The number of nitrogens with zero attached hydrogens (tertiary/aromatic N) is 3. The standard InChI is InChI=1S/C22H28N4O2/c1-28-19-7-8-21-20(12-19)22(27)25-14-16(11-18(25)13-23-21)15-3-5-17(6-4-15)26-10-2-9-24-26/h2-6,9-10,16,18-21,23H,7-8,11-14H2,1H3/t16?,18-,19?,20?,21?/m0/s1. The number of fused-ring (bicyclic) bond motifs is 2. The van der Waals surface area contributed by atoms with E-state index in [4.69, 9.17) is 4.74 Å². The van der Waals surface area contributed by atoms with Gasteiger partial charge in [-0.2, -0.15) is 5.10 Å². The molecule has 4 unspecified atom stereocenters. The number of ether oxygens (including phenoxy) is 1. The van der Waals surface area contributed by atoms with Gasteiger partial charge >= 0.3 is 0 Å². The van der Waals surface area contributed by atoms with Crippen LogP contribution in [0.1, 0.15) is 37.2 Å². The second-order valence-electron chi connectivity index (χ2n) is 8.41. The topological polar surface area (TPSA) is 59.4 Å². The fraction of sp³-hybridized carbons (Fsp3) is 0.545. The quantitative estimate of drug-likeness (QED) is 0.888. The molecule has 2 aromatic rings. The highest BCUT2D eigenvalue weighted by Crippen LogP contribution is 2.37. The van der Waals surface area contributed by atoms with Crippen LogP contribution in [-0.2, 0) is 9.53 Å². The third-order valence-corrected chi connectivity index (χ3v) is 6.90. The molecule has 148 valence electrons. The Labute approximate surface area is 165 Å². The van der Waals surface area contributed by atoms with E-state index in [0.29, 0.717) is 23.9 Å². The molecule has 2 saturated heterocycles. The van der Waals surface area contributed by atoms with Crippen LogP contribution in [0.2, 0.25) is 0 Å². The normalized spacial score (nSPS) is 32.7. The lowest BCUT2D eigenvalue weighted by atomic mass is 9.82. The summed E-state index contributed by atoms with van der Waals surface area (Å²) in [7, 11) is 1.77. The first-order chi connectivity index (χ1) is 13.7. The minimum absolute atomic E-state index is 0.0599. The molecular formula is C22H28N4O2. The summed E-state index contributed by atoms with van der Waals surface area (Å²) in [5.41, 5.74) is 2.38. The van der Waals surface area contributed by atoms with Crippen LogP contribution in [0.4, 0.5) is 0 Å². The van der Waals surface area contributed by atoms with Crippen LogP contribution < -0.4 is 5.32 Å². The SMILES string of the molecule is COC1CCC2NC[C@@H]3CC(c4ccc(-n5cccn5)cc4)CN3C(=O)C2C1. The van der Waals surface area contributed by atoms with Crippen LogP contribution in [0.3, 0.4) is 0 Å². The molecule has 0 bridgehead atoms. The highest BCUT2D eigenvalue weighted by atomic mass is 16.5. The van der Waals surface area contributed by atoms with Gasteiger partial charge in [0.25, 0.3) is 0 Å². The molecule has 1 aromatic carbocycles. The maximum Gasteiger partial charge on any atom is 0.227 e. The van der Waals surface area contributed by atoms with Crippen molar-refractivity contribution in [1.29, 1.82) is 0 Å². The van der Waals surface area contributed by atoms with Crippen molar-refractivity contribution in [3.05, 3.63) is 48.3 Å². The summed E-state index contributed by atoms with van der Waals surface area (Å²) in [4.78, 5) is 15.5. The fourth-order valence-electron chi connectivity index (χ4n) is 5.31. The first-order valence-electron chi connectivity index (χ1n) is 10.4. The molecule has 2 aliphatic heterocycles. The number of amides is 1. The molecule has 1 saturated carbocycles. The Balaban J connectivity index is 1.31. The molecule has 3 heterocycles. The number of carbonyl (C=O) groups excluding carboxylic acids is 1. The summed E-state index contributed by atoms with van der Waals surface area (Å²) in [5, 5.41) is 7.99. The minimum atomic E-state index is 0.0599. The molecule has 0 radical (unpaired) electrons. The van der Waals surface area contributed by atoms with Gasteiger partial charge in [0.15, 0.2) is 0 Å². The van der Waals surface area contributed by atoms with Gasteiger partial charge in [0, 0.05) is 50.6 Å². The number of hydrogen-bond acceptors (Lipinski definition) is 4. The highest BCUT2D eigenvalue weighted by Gasteiger charge is 2.45. The second-order valence-corrected chi connectivity index (χ2v) is 8.41. The van der Waals surface area contributed by atoms with Crippen molar-refractivity contribution in [2.24, 2.45) is 5.92 Å². The van der Waals surface area contributed by atoms with Gasteiger partial charge in [-0.1, -0.05) is 12.1 Å². The van der Waals surface area contributed by atoms with Gasteiger partial charge in [0.1, 0.15) is 0 Å². The number of nitrogens with one attached hydrogen (secondary N) is 1. The zero-order chi connectivity index (χ0) is 19.1. The molecule has 1 aliphatic carbocycles. The monoisotopic (exact) mass is 380 g/mol. The lowest BCUT2D eigenvalue weighted by Crippen LogP contribution is -2.46. The Kier molecular flexibility index (Phi) is 4.69. The van der Waals surface area contributed by atoms with Crippen molar-refractivity contribution in [1.82, 2.24) is 20.0 Å². The Hall–Kier alpha value is -2.18. The highest BCUT2D eigenvalue weighted by molar-refractivity contribution is 5.81. The molecule has 3 fully saturated rings. The van der Waals surface area contributed by atoms with E-state index >= 15 is 0 Å². The van der Waals surface area contributed by atoms with E-state index in [1.807, 2.05) is 16.9 Å². The lowest BCUT2D eigenvalue weighted by Gasteiger charge is -2.34. The van der Waals surface area contributed by atoms with E-state index in [-0.39, 0.29) is 12.0 Å². The maximum atomic E-state index is 13.3. The molecule has 1 amide bonds. The summed E-state index contributed by atoms with van der Waals surface area (Å²) in [6.45, 7) is 1.74. The number of methoxy groups -OCH3 is 1. The second kappa shape index (κ2) is 7.33. The Morgan fingerprint density at radius 2 is 2.04 bits per heavy atom. The van der Waals surface area contributed by atoms with Crippen LogP contribution in [0.25, 0.3) is 5.69 Å². The summed E-state index contributed by atoms with van der Waals surface area (Å²) < 4.78 is 7.44. The first-order valence-corrected chi connectivity index (χ1v) is 10.4. The van der Waals surface area contributed by atoms with Crippen LogP contribution in [0.15, 0.2) is 42.7 Å². The predicted octanol–water partition coefficient (Wildman–Crippen LogP) is 2.34. The molecule has 1 aromatic heterocycles. The van der Waals surface area contributed by atoms with Gasteiger partial charge in [-0.15, -0.1) is 0 Å². The number of aromatic nitrogens is 2. The first kappa shape index (κ1) is 17.9. The zero-order valence-corrected chi connectivity index (χ0v) is 16.3. The minimum Gasteiger partial charge on any atom is -0.381 e. The van der Waals surface area contributed by atoms with Crippen molar-refractivity contribution < 1.29 is 9.53 Å². The zero-order valence-electron chi connectivity index (χ0n) is 16.3. The molecule has 3 aliphatic rings. The molecule has 6 nitrogen and oxygen atoms in total. The van der Waals surface area contributed by atoms with Crippen molar-refractivity contribution in [3.8, 4) is 5.69 Å². The van der Waals surface area contributed by atoms with Crippen molar-refractivity contribution >= 4 is 5.91 Å². The van der Waals surface area contributed by atoms with Gasteiger partial charge < -0.3 is 15.0 Å². The number of hydrogen-bond donors (Lipinski definition) is 1. The Morgan fingerprint density at radius 3 is 2.79 bits per heavy atom. The summed E-state index contributed by atoms with van der Waals surface area (Å²) in [6, 6.07) is 11.2. The number of carbonyl (C=O) groups is 1. The van der Waals surface area contributed by atoms with Crippen LogP contribution in [-0.4, -0.2) is 59.0 Å². The molecule has 5 atom stereocenters. The third kappa shape index (κ3) is 3.14. The third-order valence-electron chi connectivity index (χ3n) is 6.90. The molecule has 28 heavy (non-hydrogen) atoms. The average Bonchev–Trinajstić information content (AvgIpc) is 3.40. The van der Waals surface area contributed by atoms with Crippen molar-refractivity contribution in [3.63, 3.8) is 0 Å². The van der Waals surface area contributed by atoms with Crippen LogP contribution in [0.5, 0.6) is 0 Å². The van der Waals surface area contributed by atoms with Crippen LogP contribution >= 0.6 is 0 Å². The van der Waals surface area contributed by atoms with Crippen molar-refractivity contribution in [2.45, 2.75) is 49.8 Å². The van der Waals surface area contributed by atoms with Gasteiger partial charge in [0.2, 0.25) is 5.91 Å². The number of rotatable bonds is 3. The summed E-state index contributed by atoms with van der Waals surface area (Å²) in [5.74, 6) is 0.794. The maximum absolute atomic E-state index is 13.3. The largest absolute Gasteiger partial charge is 0.381 e. The summed E-state index contributed by atoms with van der Waals surface area (Å²) in [6.07, 6.45) is 7.93. The van der Waals surface area contributed by atoms with Gasteiger partial charge in [-0.05, 0) is 49.4 Å². The van der Waals surface area contributed by atoms with E-state index in [0.717, 1.165) is 44.5 Å². The molecular weight excluding hydrogens is 352 g/mol. The molecule has 0 spiro atoms.